The summed E-state index contributed by atoms with van der Waals surface area (Å²) < 4.78 is 5.23. The maximum atomic E-state index is 9.28. The molecule has 0 aromatic carbocycles. The molecule has 9 N–H and O–H groups in total. The maximum absolute atomic E-state index is 9.28. The molecule has 0 aliphatic rings. The van der Waals surface area contributed by atoms with Crippen molar-refractivity contribution in [1.82, 2.24) is 0 Å². The first-order valence-electron chi connectivity index (χ1n) is 5.73. The van der Waals surface area contributed by atoms with Crippen LogP contribution in [0.3, 0.4) is 0 Å². The summed E-state index contributed by atoms with van der Waals surface area (Å²) in [7, 11) is 0. The van der Waals surface area contributed by atoms with Crippen LogP contribution >= 0.6 is 0 Å². The fraction of sp³-hybridized carbons (Fsp3) is 1.00. The van der Waals surface area contributed by atoms with E-state index in [2.05, 4.69) is 4.84 Å². The highest BCUT2D eigenvalue weighted by atomic mass is 16.6. The lowest BCUT2D eigenvalue weighted by Gasteiger charge is -2.35. The molecule has 0 heterocycles. The number of hydrogen-bond donors (Lipinski definition) is 7. The van der Waals surface area contributed by atoms with Crippen LogP contribution in [0.2, 0.25) is 0 Å². The molecule has 9 nitrogen and oxygen atoms in total. The van der Waals surface area contributed by atoms with E-state index in [1.165, 1.54) is 0 Å². The van der Waals surface area contributed by atoms with E-state index >= 15 is 0 Å². The smallest absolute Gasteiger partial charge is 0.139 e. The van der Waals surface area contributed by atoms with E-state index in [9.17, 15) is 10.2 Å². The summed E-state index contributed by atoms with van der Waals surface area (Å²) in [6.45, 7) is -2.92. The van der Waals surface area contributed by atoms with Crippen LogP contribution in [0.4, 0.5) is 0 Å². The maximum Gasteiger partial charge on any atom is 0.139 e. The lowest BCUT2D eigenvalue weighted by atomic mass is 9.88. The number of ether oxygens (including phenoxy) is 1. The molecule has 1 atom stereocenters. The monoisotopic (exact) mass is 284 g/mol. The largest absolute Gasteiger partial charge is 0.396 e. The third-order valence-corrected chi connectivity index (χ3v) is 3.18. The molecule has 0 rings (SSSR count). The molecule has 0 aliphatic heterocycles. The van der Waals surface area contributed by atoms with Gasteiger partial charge < -0.3 is 36.0 Å². The molecule has 9 heteroatoms. The standard InChI is InChI=1S/C10H24N2O7/c11-8(19-12)10(4-16,5-17)7-18-6-9(1-13,2-14)3-15/h8,13-17H,1-7,11-12H2. The first-order valence-corrected chi connectivity index (χ1v) is 5.73. The fourth-order valence-electron chi connectivity index (χ4n) is 1.31. The zero-order chi connectivity index (χ0) is 14.9. The highest BCUT2D eigenvalue weighted by Crippen LogP contribution is 2.23. The van der Waals surface area contributed by atoms with Crippen molar-refractivity contribution in [1.29, 1.82) is 0 Å². The van der Waals surface area contributed by atoms with Gasteiger partial charge in [-0.15, -0.1) is 0 Å². The predicted octanol–water partition coefficient (Wildman–Crippen LogP) is -3.89. The normalized spacial score (nSPS) is 14.7. The minimum absolute atomic E-state index is 0.185. The Morgan fingerprint density at radius 3 is 1.63 bits per heavy atom. The van der Waals surface area contributed by atoms with Gasteiger partial charge in [0.25, 0.3) is 0 Å². The zero-order valence-electron chi connectivity index (χ0n) is 10.7. The van der Waals surface area contributed by atoms with Gasteiger partial charge in [-0.05, 0) is 0 Å². The van der Waals surface area contributed by atoms with Crippen LogP contribution < -0.4 is 11.6 Å². The SMILES string of the molecule is NOC(N)C(CO)(CO)COCC(CO)(CO)CO. The van der Waals surface area contributed by atoms with Crippen molar-refractivity contribution in [3.63, 3.8) is 0 Å². The highest BCUT2D eigenvalue weighted by molar-refractivity contribution is 4.84. The molecule has 0 aliphatic carbocycles. The zero-order valence-corrected chi connectivity index (χ0v) is 10.7. The summed E-state index contributed by atoms with van der Waals surface area (Å²) in [5.41, 5.74) is 3.00. The van der Waals surface area contributed by atoms with Crippen molar-refractivity contribution in [3.05, 3.63) is 0 Å². The minimum atomic E-state index is -1.32. The fourth-order valence-corrected chi connectivity index (χ4v) is 1.31. The van der Waals surface area contributed by atoms with Gasteiger partial charge >= 0.3 is 0 Å². The molecule has 0 amide bonds. The van der Waals surface area contributed by atoms with Gasteiger partial charge in [-0.3, -0.25) is 4.84 Å². The van der Waals surface area contributed by atoms with E-state index in [1.807, 2.05) is 0 Å². The van der Waals surface area contributed by atoms with Crippen molar-refractivity contribution in [2.45, 2.75) is 6.23 Å². The minimum Gasteiger partial charge on any atom is -0.396 e. The molecule has 0 radical (unpaired) electrons. The Morgan fingerprint density at radius 1 is 0.842 bits per heavy atom. The van der Waals surface area contributed by atoms with Crippen molar-refractivity contribution in [2.24, 2.45) is 22.5 Å². The topological polar surface area (TPSA) is 172 Å². The van der Waals surface area contributed by atoms with Gasteiger partial charge in [-0.25, -0.2) is 5.90 Å². The summed E-state index contributed by atoms with van der Waals surface area (Å²) >= 11 is 0. The van der Waals surface area contributed by atoms with Crippen LogP contribution in [0.5, 0.6) is 0 Å². The second-order valence-electron chi connectivity index (χ2n) is 4.70. The van der Waals surface area contributed by atoms with Crippen LogP contribution in [0.1, 0.15) is 0 Å². The van der Waals surface area contributed by atoms with Gasteiger partial charge in [0.1, 0.15) is 6.23 Å². The van der Waals surface area contributed by atoms with Crippen LogP contribution in [-0.2, 0) is 9.57 Å². The summed E-state index contributed by atoms with van der Waals surface area (Å²) in [6.07, 6.45) is -1.16. The molecule has 0 fully saturated rings. The van der Waals surface area contributed by atoms with E-state index in [0.29, 0.717) is 0 Å². The summed E-state index contributed by atoms with van der Waals surface area (Å²) in [4.78, 5) is 4.39. The van der Waals surface area contributed by atoms with E-state index < -0.39 is 50.1 Å². The number of nitrogens with two attached hydrogens (primary N) is 2. The Bertz CT molecular complexity index is 226. The number of aliphatic hydroxyl groups excluding tert-OH is 5. The molecular formula is C10H24N2O7. The van der Waals surface area contributed by atoms with Crippen molar-refractivity contribution in [2.75, 3.05) is 46.2 Å². The van der Waals surface area contributed by atoms with Gasteiger partial charge in [0.2, 0.25) is 0 Å². The van der Waals surface area contributed by atoms with Gasteiger partial charge in [0.05, 0.1) is 57.1 Å². The highest BCUT2D eigenvalue weighted by Gasteiger charge is 2.38. The Labute approximate surface area is 111 Å². The molecule has 0 saturated carbocycles. The first-order chi connectivity index (χ1) is 8.99. The molecule has 1 unspecified atom stereocenters. The first kappa shape index (κ1) is 18.6. The van der Waals surface area contributed by atoms with Gasteiger partial charge in [-0.1, -0.05) is 0 Å². The third-order valence-electron chi connectivity index (χ3n) is 3.18. The quantitative estimate of drug-likeness (QED) is 0.148. The third kappa shape index (κ3) is 4.60. The van der Waals surface area contributed by atoms with Crippen LogP contribution in [0, 0.1) is 10.8 Å². The lowest BCUT2D eigenvalue weighted by molar-refractivity contribution is -0.142. The van der Waals surface area contributed by atoms with E-state index in [-0.39, 0.29) is 13.2 Å². The summed E-state index contributed by atoms with van der Waals surface area (Å²) in [6, 6.07) is 0. The molecule has 0 spiro atoms. The van der Waals surface area contributed by atoms with Crippen molar-refractivity contribution < 1.29 is 35.1 Å². The second-order valence-corrected chi connectivity index (χ2v) is 4.70. The lowest BCUT2D eigenvalue weighted by Crippen LogP contribution is -2.53. The summed E-state index contributed by atoms with van der Waals surface area (Å²) in [5.74, 6) is 4.92. The number of rotatable bonds is 11. The number of aliphatic hydroxyl groups is 5. The Hall–Kier alpha value is -0.360. The molecule has 0 saturated heterocycles. The molecule has 0 aromatic heterocycles. The molecular weight excluding hydrogens is 260 g/mol. The van der Waals surface area contributed by atoms with E-state index in [4.69, 9.17) is 31.7 Å². The average molecular weight is 284 g/mol. The molecule has 0 bridgehead atoms. The van der Waals surface area contributed by atoms with E-state index in [1.54, 1.807) is 0 Å². The van der Waals surface area contributed by atoms with Crippen molar-refractivity contribution in [3.8, 4) is 0 Å². The predicted molar refractivity (Wildman–Crippen MR) is 64.4 cm³/mol. The van der Waals surface area contributed by atoms with Gasteiger partial charge in [0.15, 0.2) is 0 Å². The number of hydrogen-bond acceptors (Lipinski definition) is 9. The Balaban J connectivity index is 4.57. The average Bonchev–Trinajstić information content (AvgIpc) is 2.48. The van der Waals surface area contributed by atoms with Gasteiger partial charge in [0, 0.05) is 0 Å². The second kappa shape index (κ2) is 8.74. The van der Waals surface area contributed by atoms with E-state index in [0.717, 1.165) is 0 Å². The van der Waals surface area contributed by atoms with Crippen LogP contribution in [0.25, 0.3) is 0 Å². The van der Waals surface area contributed by atoms with Crippen molar-refractivity contribution >= 4 is 0 Å². The molecule has 0 aromatic rings. The van der Waals surface area contributed by atoms with Gasteiger partial charge in [-0.2, -0.15) is 0 Å². The van der Waals surface area contributed by atoms with Crippen LogP contribution in [0.15, 0.2) is 0 Å². The molecule has 116 valence electrons. The Morgan fingerprint density at radius 2 is 1.32 bits per heavy atom. The Kier molecular flexibility index (Phi) is 8.57. The summed E-state index contributed by atoms with van der Waals surface area (Å²) in [5, 5.41) is 45.9. The molecule has 19 heavy (non-hydrogen) atoms. The van der Waals surface area contributed by atoms with Crippen LogP contribution in [-0.4, -0.2) is 78.0 Å².